The average Bonchev–Trinajstić information content (AvgIpc) is 2.43. The van der Waals surface area contributed by atoms with Gasteiger partial charge in [0, 0.05) is 7.11 Å². The number of para-hydroxylation sites is 1. The predicted octanol–water partition coefficient (Wildman–Crippen LogP) is 2.26. The minimum atomic E-state index is -0.242. The molecule has 0 aliphatic heterocycles. The Morgan fingerprint density at radius 2 is 2.00 bits per heavy atom. The largest absolute Gasteiger partial charge is 0.486 e. The van der Waals surface area contributed by atoms with Crippen molar-refractivity contribution in [3.63, 3.8) is 0 Å². The third-order valence-electron chi connectivity index (χ3n) is 2.38. The maximum absolute atomic E-state index is 11.7. The number of nitrogens with one attached hydrogen (secondary N) is 1. The van der Waals surface area contributed by atoms with Gasteiger partial charge in [-0.15, -0.1) is 0 Å². The van der Waals surface area contributed by atoms with E-state index in [2.05, 4.69) is 25.9 Å². The Labute approximate surface area is 118 Å². The van der Waals surface area contributed by atoms with E-state index >= 15 is 0 Å². The fourth-order valence-corrected chi connectivity index (χ4v) is 1.83. The van der Waals surface area contributed by atoms with Gasteiger partial charge in [0.1, 0.15) is 22.7 Å². The lowest BCUT2D eigenvalue weighted by molar-refractivity contribution is 0.179. The van der Waals surface area contributed by atoms with Gasteiger partial charge in [-0.2, -0.15) is 0 Å². The van der Waals surface area contributed by atoms with Gasteiger partial charge in [0.2, 0.25) is 0 Å². The van der Waals surface area contributed by atoms with E-state index in [-0.39, 0.29) is 18.8 Å². The van der Waals surface area contributed by atoms with Crippen molar-refractivity contribution in [1.82, 2.24) is 9.97 Å². The Hall–Kier alpha value is -1.66. The Morgan fingerprint density at radius 3 is 2.68 bits per heavy atom. The molecule has 2 aromatic rings. The maximum atomic E-state index is 11.7. The highest BCUT2D eigenvalue weighted by molar-refractivity contribution is 9.10. The van der Waals surface area contributed by atoms with Crippen molar-refractivity contribution < 1.29 is 9.47 Å². The van der Waals surface area contributed by atoms with E-state index in [1.165, 1.54) is 0 Å². The number of halogens is 1. The molecule has 0 radical (unpaired) electrons. The van der Waals surface area contributed by atoms with Gasteiger partial charge >= 0.3 is 0 Å². The SMILES string of the molecule is COCc1nc(COc2ccccc2)[nH]c(=O)c1Br. The first kappa shape index (κ1) is 13.8. The lowest BCUT2D eigenvalue weighted by Gasteiger charge is -2.08. The van der Waals surface area contributed by atoms with Crippen molar-refractivity contribution in [1.29, 1.82) is 0 Å². The summed E-state index contributed by atoms with van der Waals surface area (Å²) >= 11 is 3.18. The second-order valence-corrected chi connectivity index (χ2v) is 4.60. The molecule has 0 amide bonds. The van der Waals surface area contributed by atoms with Gasteiger partial charge in [-0.05, 0) is 28.1 Å². The normalized spacial score (nSPS) is 10.4. The number of rotatable bonds is 5. The van der Waals surface area contributed by atoms with E-state index in [0.29, 0.717) is 16.0 Å². The number of methoxy groups -OCH3 is 1. The molecule has 0 bridgehead atoms. The Bertz CT molecular complexity index is 599. The molecule has 1 aromatic heterocycles. The van der Waals surface area contributed by atoms with Gasteiger partial charge in [-0.3, -0.25) is 4.79 Å². The molecular formula is C13H13BrN2O3. The molecule has 100 valence electrons. The zero-order valence-electron chi connectivity index (χ0n) is 10.4. The summed E-state index contributed by atoms with van der Waals surface area (Å²) < 4.78 is 10.9. The number of nitrogens with zero attached hydrogens (tertiary/aromatic N) is 1. The first-order chi connectivity index (χ1) is 9.20. The van der Waals surface area contributed by atoms with E-state index in [4.69, 9.17) is 9.47 Å². The lowest BCUT2D eigenvalue weighted by Crippen LogP contribution is -2.17. The monoisotopic (exact) mass is 324 g/mol. The molecular weight excluding hydrogens is 312 g/mol. The minimum Gasteiger partial charge on any atom is -0.486 e. The predicted molar refractivity (Wildman–Crippen MR) is 74.0 cm³/mol. The molecule has 0 saturated heterocycles. The molecule has 0 unspecified atom stereocenters. The van der Waals surface area contributed by atoms with Gasteiger partial charge in [0.25, 0.3) is 5.56 Å². The zero-order chi connectivity index (χ0) is 13.7. The van der Waals surface area contributed by atoms with Crippen LogP contribution in [0.3, 0.4) is 0 Å². The van der Waals surface area contributed by atoms with E-state index in [1.807, 2.05) is 30.3 Å². The molecule has 0 aliphatic carbocycles. The topological polar surface area (TPSA) is 64.2 Å². The van der Waals surface area contributed by atoms with Gasteiger partial charge in [-0.1, -0.05) is 18.2 Å². The van der Waals surface area contributed by atoms with Crippen LogP contribution in [-0.2, 0) is 18.0 Å². The summed E-state index contributed by atoms with van der Waals surface area (Å²) in [7, 11) is 1.55. The van der Waals surface area contributed by atoms with E-state index < -0.39 is 0 Å². The minimum absolute atomic E-state index is 0.198. The molecule has 2 rings (SSSR count). The third-order valence-corrected chi connectivity index (χ3v) is 3.20. The average molecular weight is 325 g/mol. The second kappa shape index (κ2) is 6.49. The van der Waals surface area contributed by atoms with Crippen molar-refractivity contribution in [3.8, 4) is 5.75 Å². The fourth-order valence-electron chi connectivity index (χ4n) is 1.53. The fraction of sp³-hybridized carbons (Fsp3) is 0.231. The molecule has 1 aromatic carbocycles. The van der Waals surface area contributed by atoms with Gasteiger partial charge in [-0.25, -0.2) is 4.98 Å². The number of hydrogen-bond donors (Lipinski definition) is 1. The van der Waals surface area contributed by atoms with Gasteiger partial charge < -0.3 is 14.5 Å². The highest BCUT2D eigenvalue weighted by Crippen LogP contribution is 2.12. The van der Waals surface area contributed by atoms with Crippen molar-refractivity contribution in [2.24, 2.45) is 0 Å². The Kier molecular flexibility index (Phi) is 4.70. The molecule has 19 heavy (non-hydrogen) atoms. The summed E-state index contributed by atoms with van der Waals surface area (Å²) in [6.45, 7) is 0.464. The van der Waals surface area contributed by atoms with Crippen LogP contribution in [0.1, 0.15) is 11.5 Å². The Morgan fingerprint density at radius 1 is 1.26 bits per heavy atom. The quantitative estimate of drug-likeness (QED) is 0.916. The highest BCUT2D eigenvalue weighted by Gasteiger charge is 2.09. The van der Waals surface area contributed by atoms with Crippen LogP contribution >= 0.6 is 15.9 Å². The Balaban J connectivity index is 2.14. The van der Waals surface area contributed by atoms with Crippen molar-refractivity contribution >= 4 is 15.9 Å². The van der Waals surface area contributed by atoms with E-state index in [1.54, 1.807) is 7.11 Å². The summed E-state index contributed by atoms with van der Waals surface area (Å²) in [5.41, 5.74) is 0.312. The molecule has 6 heteroatoms. The number of aromatic nitrogens is 2. The molecule has 0 fully saturated rings. The highest BCUT2D eigenvalue weighted by atomic mass is 79.9. The number of ether oxygens (including phenoxy) is 2. The van der Waals surface area contributed by atoms with Crippen molar-refractivity contribution in [2.75, 3.05) is 7.11 Å². The standard InChI is InChI=1S/C13H13BrN2O3/c1-18-7-10-12(14)13(17)16-11(15-10)8-19-9-5-3-2-4-6-9/h2-6H,7-8H2,1H3,(H,15,16,17). The second-order valence-electron chi connectivity index (χ2n) is 3.81. The third kappa shape index (κ3) is 3.65. The first-order valence-electron chi connectivity index (χ1n) is 5.65. The summed E-state index contributed by atoms with van der Waals surface area (Å²) in [4.78, 5) is 18.6. The van der Waals surface area contributed by atoms with Gasteiger partial charge in [0.15, 0.2) is 0 Å². The van der Waals surface area contributed by atoms with Crippen molar-refractivity contribution in [3.05, 3.63) is 56.7 Å². The summed E-state index contributed by atoms with van der Waals surface area (Å²) in [5.74, 6) is 1.19. The van der Waals surface area contributed by atoms with Crippen LogP contribution in [0, 0.1) is 0 Å². The smallest absolute Gasteiger partial charge is 0.265 e. The van der Waals surface area contributed by atoms with Crippen LogP contribution in [0.2, 0.25) is 0 Å². The number of benzene rings is 1. The molecule has 0 atom stereocenters. The molecule has 0 aliphatic rings. The first-order valence-corrected chi connectivity index (χ1v) is 6.44. The summed E-state index contributed by atoms with van der Waals surface area (Å²) in [5, 5.41) is 0. The molecule has 1 N–H and O–H groups in total. The number of hydrogen-bond acceptors (Lipinski definition) is 4. The van der Waals surface area contributed by atoms with Crippen LogP contribution in [0.25, 0.3) is 0 Å². The van der Waals surface area contributed by atoms with Crippen LogP contribution in [0.15, 0.2) is 39.6 Å². The molecule has 0 spiro atoms. The van der Waals surface area contributed by atoms with Crippen LogP contribution in [-0.4, -0.2) is 17.1 Å². The number of H-pyrrole nitrogens is 1. The number of aromatic amines is 1. The summed E-state index contributed by atoms with van der Waals surface area (Å²) in [6.07, 6.45) is 0. The van der Waals surface area contributed by atoms with Crippen LogP contribution in [0.4, 0.5) is 0 Å². The molecule has 0 saturated carbocycles. The molecule has 5 nitrogen and oxygen atoms in total. The van der Waals surface area contributed by atoms with E-state index in [0.717, 1.165) is 5.75 Å². The van der Waals surface area contributed by atoms with Crippen LogP contribution < -0.4 is 10.3 Å². The van der Waals surface area contributed by atoms with Crippen LogP contribution in [0.5, 0.6) is 5.75 Å². The summed E-state index contributed by atoms with van der Waals surface area (Å²) in [6, 6.07) is 9.34. The maximum Gasteiger partial charge on any atom is 0.265 e. The van der Waals surface area contributed by atoms with Crippen molar-refractivity contribution in [2.45, 2.75) is 13.2 Å². The van der Waals surface area contributed by atoms with Gasteiger partial charge in [0.05, 0.1) is 12.3 Å². The van der Waals surface area contributed by atoms with E-state index in [9.17, 15) is 4.79 Å². The zero-order valence-corrected chi connectivity index (χ0v) is 11.9. The lowest BCUT2D eigenvalue weighted by atomic mass is 10.3. The molecule has 1 heterocycles.